The van der Waals surface area contributed by atoms with Gasteiger partial charge in [0, 0.05) is 37.6 Å². The van der Waals surface area contributed by atoms with Gasteiger partial charge in [-0.05, 0) is 34.5 Å². The maximum Gasteiger partial charge on any atom is 0.255 e. The number of pyridine rings is 1. The second kappa shape index (κ2) is 6.78. The van der Waals surface area contributed by atoms with Crippen molar-refractivity contribution >= 4 is 17.3 Å². The Morgan fingerprint density at radius 3 is 2.88 bits per heavy atom. The number of thiophene rings is 1. The summed E-state index contributed by atoms with van der Waals surface area (Å²) in [5, 5.41) is 4.16. The van der Waals surface area contributed by atoms with Crippen molar-refractivity contribution in [2.24, 2.45) is 7.05 Å². The molecule has 7 heteroatoms. The van der Waals surface area contributed by atoms with Crippen LogP contribution in [0.5, 0.6) is 0 Å². The Kier molecular flexibility index (Phi) is 4.33. The number of aromatic nitrogens is 3. The summed E-state index contributed by atoms with van der Waals surface area (Å²) in [5.41, 5.74) is 2.65. The second-order valence-electron chi connectivity index (χ2n) is 5.94. The Balaban J connectivity index is 1.69. The quantitative estimate of drug-likeness (QED) is 0.723. The minimum atomic E-state index is -0.0737. The third kappa shape index (κ3) is 3.20. The Morgan fingerprint density at radius 1 is 1.28 bits per heavy atom. The Hall–Kier alpha value is -2.51. The predicted octanol–water partition coefficient (Wildman–Crippen LogP) is 2.48. The van der Waals surface area contributed by atoms with Crippen molar-refractivity contribution in [2.75, 3.05) is 24.6 Å². The predicted molar refractivity (Wildman–Crippen MR) is 97.9 cm³/mol. The van der Waals surface area contributed by atoms with E-state index in [1.54, 1.807) is 41.4 Å². The number of anilines is 1. The number of ether oxygens (including phenoxy) is 1. The van der Waals surface area contributed by atoms with Gasteiger partial charge in [-0.25, -0.2) is 4.98 Å². The van der Waals surface area contributed by atoms with E-state index in [4.69, 9.17) is 9.72 Å². The van der Waals surface area contributed by atoms with Gasteiger partial charge in [0.15, 0.2) is 0 Å². The lowest BCUT2D eigenvalue weighted by atomic mass is 10.1. The van der Waals surface area contributed by atoms with Crippen LogP contribution in [0.4, 0.5) is 5.95 Å². The van der Waals surface area contributed by atoms with Gasteiger partial charge >= 0.3 is 0 Å². The van der Waals surface area contributed by atoms with Crippen LogP contribution in [0.1, 0.15) is 11.7 Å². The Labute approximate surface area is 149 Å². The molecule has 1 atom stereocenters. The molecule has 0 saturated carbocycles. The van der Waals surface area contributed by atoms with E-state index in [1.807, 2.05) is 12.1 Å². The van der Waals surface area contributed by atoms with Gasteiger partial charge < -0.3 is 9.64 Å². The van der Waals surface area contributed by atoms with Crippen LogP contribution in [-0.2, 0) is 11.8 Å². The highest BCUT2D eigenvalue weighted by Gasteiger charge is 2.25. The third-order valence-electron chi connectivity index (χ3n) is 4.35. The molecule has 0 aromatic carbocycles. The van der Waals surface area contributed by atoms with Crippen molar-refractivity contribution < 1.29 is 4.74 Å². The molecule has 0 bridgehead atoms. The molecule has 128 valence electrons. The number of morpholine rings is 1. The zero-order valence-corrected chi connectivity index (χ0v) is 14.6. The number of hydrogen-bond acceptors (Lipinski definition) is 6. The monoisotopic (exact) mass is 354 g/mol. The molecule has 0 N–H and O–H groups in total. The summed E-state index contributed by atoms with van der Waals surface area (Å²) in [6.07, 6.45) is 3.41. The Bertz CT molecular complexity index is 909. The standard InChI is InChI=1S/C18H18N4O2S/c1-21-17(23)10-15(13-2-5-19-6-3-13)20-18(21)22-7-8-24-16(11-22)14-4-9-25-12-14/h2-6,9-10,12,16H,7-8,11H2,1H3. The highest BCUT2D eigenvalue weighted by atomic mass is 32.1. The van der Waals surface area contributed by atoms with E-state index in [9.17, 15) is 4.79 Å². The van der Waals surface area contributed by atoms with Crippen molar-refractivity contribution in [3.8, 4) is 11.3 Å². The van der Waals surface area contributed by atoms with Crippen molar-refractivity contribution in [3.05, 3.63) is 63.3 Å². The summed E-state index contributed by atoms with van der Waals surface area (Å²) in [5.74, 6) is 0.669. The van der Waals surface area contributed by atoms with E-state index in [1.165, 1.54) is 5.56 Å². The molecule has 0 radical (unpaired) electrons. The molecule has 0 aliphatic carbocycles. The molecule has 1 fully saturated rings. The largest absolute Gasteiger partial charge is 0.370 e. The summed E-state index contributed by atoms with van der Waals surface area (Å²) < 4.78 is 7.50. The second-order valence-corrected chi connectivity index (χ2v) is 6.72. The summed E-state index contributed by atoms with van der Waals surface area (Å²) in [6.45, 7) is 1.99. The molecule has 1 unspecified atom stereocenters. The number of hydrogen-bond donors (Lipinski definition) is 0. The smallest absolute Gasteiger partial charge is 0.255 e. The van der Waals surface area contributed by atoms with Crippen molar-refractivity contribution in [3.63, 3.8) is 0 Å². The normalized spacial score (nSPS) is 17.6. The first-order chi connectivity index (χ1) is 12.2. The van der Waals surface area contributed by atoms with E-state index in [0.717, 1.165) is 5.56 Å². The SMILES string of the molecule is Cn1c(N2CCOC(c3ccsc3)C2)nc(-c2ccncc2)cc1=O. The lowest BCUT2D eigenvalue weighted by Crippen LogP contribution is -2.41. The molecule has 1 aliphatic rings. The molecule has 3 aromatic heterocycles. The van der Waals surface area contributed by atoms with E-state index in [-0.39, 0.29) is 11.7 Å². The molecule has 1 aliphatic heterocycles. The molecule has 6 nitrogen and oxygen atoms in total. The van der Waals surface area contributed by atoms with E-state index < -0.39 is 0 Å². The van der Waals surface area contributed by atoms with Crippen LogP contribution in [0.3, 0.4) is 0 Å². The van der Waals surface area contributed by atoms with E-state index in [2.05, 4.69) is 26.7 Å². The van der Waals surface area contributed by atoms with Crippen molar-refractivity contribution in [2.45, 2.75) is 6.10 Å². The Morgan fingerprint density at radius 2 is 2.12 bits per heavy atom. The lowest BCUT2D eigenvalue weighted by molar-refractivity contribution is 0.0392. The lowest BCUT2D eigenvalue weighted by Gasteiger charge is -2.34. The summed E-state index contributed by atoms with van der Waals surface area (Å²) >= 11 is 1.66. The van der Waals surface area contributed by atoms with Gasteiger partial charge in [-0.15, -0.1) is 0 Å². The summed E-state index contributed by atoms with van der Waals surface area (Å²) in [4.78, 5) is 23.3. The molecule has 3 aromatic rings. The highest BCUT2D eigenvalue weighted by Crippen LogP contribution is 2.27. The van der Waals surface area contributed by atoms with Gasteiger partial charge in [0.2, 0.25) is 5.95 Å². The van der Waals surface area contributed by atoms with Gasteiger partial charge in [-0.3, -0.25) is 14.3 Å². The van der Waals surface area contributed by atoms with Crippen molar-refractivity contribution in [1.82, 2.24) is 14.5 Å². The van der Waals surface area contributed by atoms with Gasteiger partial charge in [-0.1, -0.05) is 0 Å². The molecular formula is C18H18N4O2S. The zero-order chi connectivity index (χ0) is 17.2. The van der Waals surface area contributed by atoms with Crippen LogP contribution in [-0.4, -0.2) is 34.2 Å². The minimum Gasteiger partial charge on any atom is -0.370 e. The zero-order valence-electron chi connectivity index (χ0n) is 13.8. The molecule has 25 heavy (non-hydrogen) atoms. The summed E-state index contributed by atoms with van der Waals surface area (Å²) in [6, 6.07) is 7.37. The fourth-order valence-corrected chi connectivity index (χ4v) is 3.67. The van der Waals surface area contributed by atoms with E-state index in [0.29, 0.717) is 31.3 Å². The van der Waals surface area contributed by atoms with Crippen LogP contribution < -0.4 is 10.5 Å². The van der Waals surface area contributed by atoms with Crippen LogP contribution >= 0.6 is 11.3 Å². The fourth-order valence-electron chi connectivity index (χ4n) is 2.97. The third-order valence-corrected chi connectivity index (χ3v) is 5.05. The van der Waals surface area contributed by atoms with Gasteiger partial charge in [0.1, 0.15) is 6.10 Å². The van der Waals surface area contributed by atoms with Crippen LogP contribution in [0.25, 0.3) is 11.3 Å². The van der Waals surface area contributed by atoms with Crippen molar-refractivity contribution in [1.29, 1.82) is 0 Å². The molecule has 0 spiro atoms. The number of rotatable bonds is 3. The average Bonchev–Trinajstić information content (AvgIpc) is 3.19. The van der Waals surface area contributed by atoms with Gasteiger partial charge in [0.05, 0.1) is 18.8 Å². The maximum atomic E-state index is 12.4. The summed E-state index contributed by atoms with van der Waals surface area (Å²) in [7, 11) is 1.76. The minimum absolute atomic E-state index is 0.00137. The first-order valence-corrected chi connectivity index (χ1v) is 9.04. The number of nitrogens with zero attached hydrogens (tertiary/aromatic N) is 4. The molecular weight excluding hydrogens is 336 g/mol. The molecule has 0 amide bonds. The van der Waals surface area contributed by atoms with Crippen LogP contribution in [0, 0.1) is 0 Å². The van der Waals surface area contributed by atoms with Crippen LogP contribution in [0.15, 0.2) is 52.2 Å². The molecule has 4 heterocycles. The van der Waals surface area contributed by atoms with Gasteiger partial charge in [-0.2, -0.15) is 11.3 Å². The first kappa shape index (κ1) is 16.0. The first-order valence-electron chi connectivity index (χ1n) is 8.09. The molecule has 4 rings (SSSR count). The average molecular weight is 354 g/mol. The van der Waals surface area contributed by atoms with Crippen LogP contribution in [0.2, 0.25) is 0 Å². The topological polar surface area (TPSA) is 60.2 Å². The fraction of sp³-hybridized carbons (Fsp3) is 0.278. The van der Waals surface area contributed by atoms with E-state index >= 15 is 0 Å². The molecule has 1 saturated heterocycles. The van der Waals surface area contributed by atoms with Gasteiger partial charge in [0.25, 0.3) is 5.56 Å². The maximum absolute atomic E-state index is 12.4. The highest BCUT2D eigenvalue weighted by molar-refractivity contribution is 7.07.